The Hall–Kier alpha value is -4.02. The van der Waals surface area contributed by atoms with Crippen molar-refractivity contribution in [3.05, 3.63) is 91.9 Å². The topological polar surface area (TPSA) is 105 Å². The van der Waals surface area contributed by atoms with Gasteiger partial charge in [0.2, 0.25) is 0 Å². The summed E-state index contributed by atoms with van der Waals surface area (Å²) in [4.78, 5) is 51.3. The van der Waals surface area contributed by atoms with Gasteiger partial charge in [-0.25, -0.2) is 19.2 Å². The third-order valence-corrected chi connectivity index (χ3v) is 6.69. The van der Waals surface area contributed by atoms with Crippen molar-refractivity contribution >= 4 is 66.5 Å². The predicted molar refractivity (Wildman–Crippen MR) is 132 cm³/mol. The van der Waals surface area contributed by atoms with E-state index in [2.05, 4.69) is 31.9 Å². The number of carbonyl (C=O) groups is 4. The first-order valence-corrected chi connectivity index (χ1v) is 12.0. The fourth-order valence-corrected chi connectivity index (χ4v) is 4.64. The molecule has 0 aliphatic carbocycles. The molecule has 6 rings (SSSR count). The maximum atomic E-state index is 12.9. The number of halogens is 2. The van der Waals surface area contributed by atoms with Crippen LogP contribution in [0.15, 0.2) is 69.6 Å². The number of benzene rings is 4. The highest BCUT2D eigenvalue weighted by molar-refractivity contribution is 9.10. The van der Waals surface area contributed by atoms with Gasteiger partial charge in [-0.15, -0.1) is 0 Å². The Labute approximate surface area is 219 Å². The molecular weight excluding hydrogens is 600 g/mol. The number of hydrogen-bond acceptors (Lipinski definition) is 8. The van der Waals surface area contributed by atoms with Crippen LogP contribution in [0.1, 0.15) is 41.4 Å². The lowest BCUT2D eigenvalue weighted by atomic mass is 9.88. The maximum Gasteiger partial charge on any atom is 0.350 e. The van der Waals surface area contributed by atoms with Gasteiger partial charge in [-0.3, -0.25) is 0 Å². The summed E-state index contributed by atoms with van der Waals surface area (Å²) in [5.41, 5.74) is -0.295. The Bertz CT molecular complexity index is 1530. The van der Waals surface area contributed by atoms with Crippen LogP contribution < -0.4 is 9.47 Å². The first kappa shape index (κ1) is 22.4. The lowest BCUT2D eigenvalue weighted by Gasteiger charge is -2.25. The van der Waals surface area contributed by atoms with Gasteiger partial charge in [0.1, 0.15) is 34.1 Å². The van der Waals surface area contributed by atoms with Crippen LogP contribution in [0.4, 0.5) is 0 Å². The van der Waals surface area contributed by atoms with E-state index in [1.165, 1.54) is 12.1 Å². The molecule has 36 heavy (non-hydrogen) atoms. The molecule has 2 aliphatic rings. The second-order valence-electron chi connectivity index (χ2n) is 7.81. The standard InChI is InChI=1S/C26H10Br2O8/c27-11-1-5-13(6-2-11)33-17-9-15-20-19-16(24(30)35-25(31)21(17)19)10-18(22(20)26(32)36-23(15)29)34-14-7-3-12(28)4-8-14/h1-10H. The third kappa shape index (κ3) is 3.57. The van der Waals surface area contributed by atoms with Crippen molar-refractivity contribution < 1.29 is 38.1 Å². The van der Waals surface area contributed by atoms with Gasteiger partial charge in [0.05, 0.1) is 11.1 Å². The monoisotopic (exact) mass is 608 g/mol. The van der Waals surface area contributed by atoms with E-state index in [0.717, 1.165) is 8.95 Å². The average Bonchev–Trinajstić information content (AvgIpc) is 2.84. The van der Waals surface area contributed by atoms with E-state index in [1.54, 1.807) is 48.5 Å². The van der Waals surface area contributed by atoms with Crippen LogP contribution in [0.5, 0.6) is 23.0 Å². The number of rotatable bonds is 4. The van der Waals surface area contributed by atoms with E-state index in [-0.39, 0.29) is 44.5 Å². The molecule has 0 saturated carbocycles. The Kier molecular flexibility index (Phi) is 5.16. The molecule has 10 heteroatoms. The van der Waals surface area contributed by atoms with Crippen LogP contribution in [0.3, 0.4) is 0 Å². The Morgan fingerprint density at radius 1 is 0.528 bits per heavy atom. The Morgan fingerprint density at radius 2 is 0.889 bits per heavy atom. The zero-order valence-electron chi connectivity index (χ0n) is 17.8. The molecule has 0 atom stereocenters. The van der Waals surface area contributed by atoms with Crippen molar-refractivity contribution in [1.82, 2.24) is 0 Å². The van der Waals surface area contributed by atoms with E-state index < -0.39 is 23.9 Å². The van der Waals surface area contributed by atoms with Crippen LogP contribution in [0, 0.1) is 0 Å². The summed E-state index contributed by atoms with van der Waals surface area (Å²) < 4.78 is 23.4. The number of cyclic esters (lactones) is 4. The van der Waals surface area contributed by atoms with Gasteiger partial charge in [-0.05, 0) is 60.7 Å². The lowest BCUT2D eigenvalue weighted by molar-refractivity contribution is 0.0362. The molecule has 0 bridgehead atoms. The minimum atomic E-state index is -0.968. The van der Waals surface area contributed by atoms with Crippen molar-refractivity contribution in [3.8, 4) is 23.0 Å². The third-order valence-electron chi connectivity index (χ3n) is 5.63. The van der Waals surface area contributed by atoms with E-state index in [1.807, 2.05) is 0 Å². The summed E-state index contributed by atoms with van der Waals surface area (Å²) in [7, 11) is 0. The second kappa shape index (κ2) is 8.28. The fraction of sp³-hybridized carbons (Fsp3) is 0. The lowest BCUT2D eigenvalue weighted by Crippen LogP contribution is -2.26. The molecule has 0 radical (unpaired) electrons. The van der Waals surface area contributed by atoms with Crippen LogP contribution in [-0.4, -0.2) is 23.9 Å². The largest absolute Gasteiger partial charge is 0.456 e. The molecule has 0 aromatic heterocycles. The molecule has 4 aromatic carbocycles. The van der Waals surface area contributed by atoms with Gasteiger partial charge in [-0.1, -0.05) is 31.9 Å². The quantitative estimate of drug-likeness (QED) is 0.189. The fourth-order valence-electron chi connectivity index (χ4n) is 4.11. The average molecular weight is 610 g/mol. The van der Waals surface area contributed by atoms with Crippen molar-refractivity contribution in [2.75, 3.05) is 0 Å². The van der Waals surface area contributed by atoms with Crippen molar-refractivity contribution in [1.29, 1.82) is 0 Å². The highest BCUT2D eigenvalue weighted by atomic mass is 79.9. The summed E-state index contributed by atoms with van der Waals surface area (Å²) in [5, 5.41) is 0.119. The molecule has 0 spiro atoms. The Morgan fingerprint density at radius 3 is 1.25 bits per heavy atom. The summed E-state index contributed by atoms with van der Waals surface area (Å²) in [6.45, 7) is 0. The molecule has 0 fully saturated rings. The molecular formula is C26H10Br2O8. The van der Waals surface area contributed by atoms with Gasteiger partial charge in [0.25, 0.3) is 0 Å². The molecule has 2 aliphatic heterocycles. The van der Waals surface area contributed by atoms with Crippen molar-refractivity contribution in [3.63, 3.8) is 0 Å². The van der Waals surface area contributed by atoms with E-state index in [9.17, 15) is 19.2 Å². The van der Waals surface area contributed by atoms with Crippen molar-refractivity contribution in [2.24, 2.45) is 0 Å². The number of carbonyl (C=O) groups excluding carboxylic acids is 4. The molecule has 0 unspecified atom stereocenters. The normalized spacial score (nSPS) is 13.9. The van der Waals surface area contributed by atoms with Gasteiger partial charge in [0.15, 0.2) is 0 Å². The summed E-state index contributed by atoms with van der Waals surface area (Å²) in [6, 6.07) is 16.1. The van der Waals surface area contributed by atoms with Gasteiger partial charge >= 0.3 is 23.9 Å². The number of ether oxygens (including phenoxy) is 4. The first-order valence-electron chi connectivity index (χ1n) is 10.4. The first-order chi connectivity index (χ1) is 17.3. The van der Waals surface area contributed by atoms with Gasteiger partial charge in [-0.2, -0.15) is 0 Å². The molecule has 8 nitrogen and oxygen atoms in total. The smallest absolute Gasteiger partial charge is 0.350 e. The van der Waals surface area contributed by atoms with Crippen LogP contribution in [-0.2, 0) is 9.47 Å². The highest BCUT2D eigenvalue weighted by Crippen LogP contribution is 2.46. The molecule has 0 N–H and O–H groups in total. The number of hydrogen-bond donors (Lipinski definition) is 0. The number of esters is 4. The van der Waals surface area contributed by atoms with Gasteiger partial charge in [0, 0.05) is 19.7 Å². The minimum Gasteiger partial charge on any atom is -0.456 e. The molecule has 176 valence electrons. The highest BCUT2D eigenvalue weighted by Gasteiger charge is 2.40. The summed E-state index contributed by atoms with van der Waals surface area (Å²) in [6.07, 6.45) is 0. The molecule has 2 heterocycles. The minimum absolute atomic E-state index is 0.0302. The van der Waals surface area contributed by atoms with E-state index in [0.29, 0.717) is 11.5 Å². The molecule has 4 aromatic rings. The maximum absolute atomic E-state index is 12.9. The predicted octanol–water partition coefficient (Wildman–Crippen LogP) is 6.57. The molecule has 0 amide bonds. The van der Waals surface area contributed by atoms with Crippen LogP contribution >= 0.6 is 31.9 Å². The zero-order chi connectivity index (χ0) is 25.1. The SMILES string of the molecule is O=C1OC(=O)c2c(Oc3ccc(Br)cc3)cc3c4c(c(Oc5ccc(Br)cc5)cc1c24)C(=O)OC3=O. The van der Waals surface area contributed by atoms with Crippen molar-refractivity contribution in [2.45, 2.75) is 0 Å². The Balaban J connectivity index is 1.64. The summed E-state index contributed by atoms with van der Waals surface area (Å²) >= 11 is 6.68. The van der Waals surface area contributed by atoms with E-state index >= 15 is 0 Å². The second-order valence-corrected chi connectivity index (χ2v) is 9.64. The van der Waals surface area contributed by atoms with E-state index in [4.69, 9.17) is 18.9 Å². The van der Waals surface area contributed by atoms with Crippen LogP contribution in [0.25, 0.3) is 10.8 Å². The van der Waals surface area contributed by atoms with Gasteiger partial charge < -0.3 is 18.9 Å². The summed E-state index contributed by atoms with van der Waals surface area (Å²) in [5.74, 6) is -3.16. The molecule has 0 saturated heterocycles. The zero-order valence-corrected chi connectivity index (χ0v) is 21.0. The van der Waals surface area contributed by atoms with Crippen LogP contribution in [0.2, 0.25) is 0 Å².